The molecule has 5 rings (SSSR count). The number of carbonyl (C=O) groups excluding carboxylic acids is 3. The highest BCUT2D eigenvalue weighted by atomic mass is 32.2. The van der Waals surface area contributed by atoms with Crippen LogP contribution in [0.4, 0.5) is 4.79 Å². The van der Waals surface area contributed by atoms with E-state index in [4.69, 9.17) is 9.73 Å². The number of aryl methyl sites for hydroxylation is 2. The summed E-state index contributed by atoms with van der Waals surface area (Å²) < 4.78 is 32.6. The van der Waals surface area contributed by atoms with Gasteiger partial charge < -0.3 is 10.1 Å². The summed E-state index contributed by atoms with van der Waals surface area (Å²) in [6.45, 7) is 4.42. The van der Waals surface area contributed by atoms with E-state index in [-0.39, 0.29) is 32.1 Å². The molecule has 11 heteroatoms. The van der Waals surface area contributed by atoms with Crippen molar-refractivity contribution in [2.75, 3.05) is 26.2 Å². The number of benzene rings is 1. The number of hydrogen-bond acceptors (Lipinski definition) is 7. The molecular formula is C27H34N4O6S. The molecule has 0 aromatic heterocycles. The summed E-state index contributed by atoms with van der Waals surface area (Å²) in [5.74, 6) is 0.553. The number of imide groups is 1. The Morgan fingerprint density at radius 2 is 1.74 bits per heavy atom. The van der Waals surface area contributed by atoms with E-state index in [0.29, 0.717) is 29.9 Å². The summed E-state index contributed by atoms with van der Waals surface area (Å²) in [5, 5.41) is 4.19. The molecule has 1 saturated carbocycles. The molecule has 3 amide bonds. The fourth-order valence-electron chi connectivity index (χ4n) is 5.90. The van der Waals surface area contributed by atoms with Crippen LogP contribution in [0.1, 0.15) is 72.0 Å². The van der Waals surface area contributed by atoms with Gasteiger partial charge in [0.2, 0.25) is 10.0 Å². The molecule has 3 aliphatic heterocycles. The lowest BCUT2D eigenvalue weighted by Gasteiger charge is -2.34. The number of amides is 3. The zero-order valence-electron chi connectivity index (χ0n) is 21.9. The van der Waals surface area contributed by atoms with E-state index in [9.17, 15) is 22.8 Å². The van der Waals surface area contributed by atoms with E-state index in [1.807, 2.05) is 0 Å². The Labute approximate surface area is 223 Å². The molecule has 1 spiro atoms. The van der Waals surface area contributed by atoms with E-state index in [2.05, 4.69) is 5.32 Å². The highest BCUT2D eigenvalue weighted by molar-refractivity contribution is 7.92. The Bertz CT molecular complexity index is 1300. The first kappa shape index (κ1) is 26.6. The van der Waals surface area contributed by atoms with Crippen LogP contribution in [0, 0.1) is 19.8 Å². The van der Waals surface area contributed by atoms with Gasteiger partial charge in [0.1, 0.15) is 18.0 Å². The smallest absolute Gasteiger partial charge is 0.416 e. The minimum absolute atomic E-state index is 0.103. The Kier molecular flexibility index (Phi) is 7.17. The van der Waals surface area contributed by atoms with Crippen LogP contribution in [0.15, 0.2) is 22.5 Å². The lowest BCUT2D eigenvalue weighted by atomic mass is 9.88. The molecule has 1 aliphatic carbocycles. The van der Waals surface area contributed by atoms with Crippen molar-refractivity contribution in [3.63, 3.8) is 0 Å². The number of hydrogen-bond donors (Lipinski definition) is 1. The normalized spacial score (nSPS) is 22.7. The summed E-state index contributed by atoms with van der Waals surface area (Å²) in [6.07, 6.45) is 7.20. The molecule has 2 saturated heterocycles. The van der Waals surface area contributed by atoms with Gasteiger partial charge in [0.25, 0.3) is 11.8 Å². The molecule has 0 radical (unpaired) electrons. The van der Waals surface area contributed by atoms with Crippen molar-refractivity contribution in [2.45, 2.75) is 64.3 Å². The highest BCUT2D eigenvalue weighted by Crippen LogP contribution is 2.35. The second-order valence-corrected chi connectivity index (χ2v) is 12.5. The van der Waals surface area contributed by atoms with Gasteiger partial charge in [-0.25, -0.2) is 18.1 Å². The topological polar surface area (TPSA) is 125 Å². The summed E-state index contributed by atoms with van der Waals surface area (Å²) in [5.41, 5.74) is 1.62. The number of nitrogens with one attached hydrogen (secondary N) is 1. The largest absolute Gasteiger partial charge is 0.447 e. The van der Waals surface area contributed by atoms with Crippen molar-refractivity contribution in [3.8, 4) is 0 Å². The predicted molar refractivity (Wildman–Crippen MR) is 142 cm³/mol. The number of aliphatic imine (C=N–C) groups is 1. The second-order valence-electron chi connectivity index (χ2n) is 10.7. The van der Waals surface area contributed by atoms with Gasteiger partial charge in [0.15, 0.2) is 0 Å². The van der Waals surface area contributed by atoms with Crippen LogP contribution >= 0.6 is 0 Å². The zero-order chi connectivity index (χ0) is 27.1. The molecule has 204 valence electrons. The van der Waals surface area contributed by atoms with Crippen LogP contribution in [0.5, 0.6) is 0 Å². The van der Waals surface area contributed by atoms with Crippen LogP contribution in [0.3, 0.4) is 0 Å². The van der Waals surface area contributed by atoms with Crippen molar-refractivity contribution in [3.05, 3.63) is 39.8 Å². The molecule has 38 heavy (non-hydrogen) atoms. The van der Waals surface area contributed by atoms with Crippen LogP contribution in [-0.4, -0.2) is 73.1 Å². The summed E-state index contributed by atoms with van der Waals surface area (Å²) >= 11 is 0. The predicted octanol–water partition coefficient (Wildman–Crippen LogP) is 3.14. The van der Waals surface area contributed by atoms with E-state index in [0.717, 1.165) is 47.5 Å². The summed E-state index contributed by atoms with van der Waals surface area (Å²) in [7, 11) is -3.72. The number of piperidine rings is 1. The van der Waals surface area contributed by atoms with Crippen LogP contribution in [-0.2, 0) is 19.6 Å². The van der Waals surface area contributed by atoms with Crippen molar-refractivity contribution in [2.24, 2.45) is 10.9 Å². The number of ether oxygens (including phenoxy) is 1. The fourth-order valence-corrected chi connectivity index (χ4v) is 7.07. The average Bonchev–Trinajstić information content (AvgIpc) is 3.46. The lowest BCUT2D eigenvalue weighted by molar-refractivity contribution is -0.125. The monoisotopic (exact) mass is 542 g/mol. The molecule has 4 aliphatic rings. The Balaban J connectivity index is 1.26. The van der Waals surface area contributed by atoms with E-state index in [1.165, 1.54) is 16.1 Å². The van der Waals surface area contributed by atoms with Crippen LogP contribution in [0.2, 0.25) is 0 Å². The first-order chi connectivity index (χ1) is 18.1. The van der Waals surface area contributed by atoms with Crippen LogP contribution in [0.25, 0.3) is 6.08 Å². The molecule has 1 N–H and O–H groups in total. The lowest BCUT2D eigenvalue weighted by Crippen LogP contribution is -2.50. The fraction of sp³-hybridized carbons (Fsp3) is 0.556. The van der Waals surface area contributed by atoms with Gasteiger partial charge in [0, 0.05) is 30.0 Å². The number of sulfonamides is 1. The third kappa shape index (κ3) is 5.01. The Morgan fingerprint density at radius 3 is 2.34 bits per heavy atom. The van der Waals surface area contributed by atoms with Gasteiger partial charge in [-0.1, -0.05) is 19.3 Å². The molecule has 1 aromatic carbocycles. The first-order valence-electron chi connectivity index (χ1n) is 13.3. The SMILES string of the molecule is Cc1cc(C(=O)N2CCOC2=O)cc(C)c1/C=C/S(=O)(=O)N1CCC2(CC1)N=C(C1CCCCC1)NC2=O. The molecule has 0 unspecified atom stereocenters. The number of carbonyl (C=O) groups is 3. The maximum absolute atomic E-state index is 13.2. The maximum Gasteiger partial charge on any atom is 0.416 e. The Hall–Kier alpha value is -3.05. The van der Waals surface area contributed by atoms with Gasteiger partial charge >= 0.3 is 6.09 Å². The highest BCUT2D eigenvalue weighted by Gasteiger charge is 2.48. The number of amidine groups is 1. The van der Waals surface area contributed by atoms with Gasteiger partial charge in [0.05, 0.1) is 6.54 Å². The van der Waals surface area contributed by atoms with Gasteiger partial charge in [-0.05, 0) is 74.4 Å². The molecular weight excluding hydrogens is 508 g/mol. The molecule has 0 bridgehead atoms. The summed E-state index contributed by atoms with van der Waals surface area (Å²) in [4.78, 5) is 43.2. The third-order valence-corrected chi connectivity index (χ3v) is 9.72. The van der Waals surface area contributed by atoms with Gasteiger partial charge in [-0.15, -0.1) is 0 Å². The minimum Gasteiger partial charge on any atom is -0.447 e. The Morgan fingerprint density at radius 1 is 1.08 bits per heavy atom. The first-order valence-corrected chi connectivity index (χ1v) is 14.8. The molecule has 10 nitrogen and oxygen atoms in total. The number of rotatable bonds is 5. The molecule has 3 fully saturated rings. The van der Waals surface area contributed by atoms with Crippen molar-refractivity contribution in [1.82, 2.24) is 14.5 Å². The minimum atomic E-state index is -3.72. The molecule has 0 atom stereocenters. The van der Waals surface area contributed by atoms with Crippen LogP contribution < -0.4 is 5.32 Å². The van der Waals surface area contributed by atoms with Gasteiger partial charge in [-0.3, -0.25) is 14.6 Å². The quantitative estimate of drug-likeness (QED) is 0.609. The van der Waals surface area contributed by atoms with E-state index < -0.39 is 27.6 Å². The van der Waals surface area contributed by atoms with Crippen molar-refractivity contribution in [1.29, 1.82) is 0 Å². The third-order valence-electron chi connectivity index (χ3n) is 8.15. The van der Waals surface area contributed by atoms with Crippen molar-refractivity contribution < 1.29 is 27.5 Å². The average molecular weight is 543 g/mol. The van der Waals surface area contributed by atoms with Gasteiger partial charge in [-0.2, -0.15) is 4.31 Å². The summed E-state index contributed by atoms with van der Waals surface area (Å²) in [6, 6.07) is 3.30. The van der Waals surface area contributed by atoms with E-state index in [1.54, 1.807) is 32.1 Å². The maximum atomic E-state index is 13.2. The second kappa shape index (κ2) is 10.3. The number of cyclic esters (lactones) is 1. The molecule has 3 heterocycles. The van der Waals surface area contributed by atoms with Crippen molar-refractivity contribution >= 4 is 39.8 Å². The van der Waals surface area contributed by atoms with E-state index >= 15 is 0 Å². The molecule has 1 aromatic rings. The number of nitrogens with zero attached hydrogens (tertiary/aromatic N) is 3. The standard InChI is InChI=1S/C27H34N4O6S/c1-18-16-21(24(32)31-13-14-37-26(31)34)17-19(2)22(18)8-15-38(35,36)30-11-9-27(10-12-30)25(33)28-23(29-27)20-6-4-3-5-7-20/h8,15-17,20H,3-7,9-14H2,1-2H3,(H,28,29,33)/b15-8+. The zero-order valence-corrected chi connectivity index (χ0v) is 22.7.